The Labute approximate surface area is 242 Å². The number of hydrogen-bond donors (Lipinski definition) is 0. The molecule has 0 aliphatic rings. The Morgan fingerprint density at radius 2 is 0.892 bits per heavy atom. The first kappa shape index (κ1) is 23.3. The summed E-state index contributed by atoms with van der Waals surface area (Å²) < 4.78 is 15.2. The third-order valence-corrected chi connectivity index (χ3v) is 8.71. The number of halogens is 3. The summed E-state index contributed by atoms with van der Waals surface area (Å²) in [4.78, 5) is 0. The number of fused-ring (bicyclic) bond motifs is 10. The minimum absolute atomic E-state index is 0.932. The predicted octanol–water partition coefficient (Wildman–Crippen LogP) is 11.6. The number of furan rings is 2. The molecule has 0 aliphatic carbocycles. The molecule has 0 spiro atoms. The topological polar surface area (TPSA) is 26.3 Å². The molecule has 2 nitrogen and oxygen atoms in total. The molecule has 8 rings (SSSR count). The maximum Gasteiger partial charge on any atom is 0.137 e. The lowest BCUT2D eigenvalue weighted by Gasteiger charge is -2.02. The highest BCUT2D eigenvalue weighted by atomic mass is 127. The molecule has 2 heterocycles. The molecule has 0 bridgehead atoms. The second-order valence-corrected chi connectivity index (χ2v) is 11.8. The molecule has 37 heavy (non-hydrogen) atoms. The van der Waals surface area contributed by atoms with Crippen molar-refractivity contribution in [2.24, 2.45) is 0 Å². The van der Waals surface area contributed by atoms with Crippen LogP contribution in [0, 0.1) is 3.57 Å². The molecule has 0 unspecified atom stereocenters. The van der Waals surface area contributed by atoms with Crippen LogP contribution in [0.4, 0.5) is 0 Å². The zero-order valence-electron chi connectivity index (χ0n) is 19.3. The summed E-state index contributed by atoms with van der Waals surface area (Å²) in [6.07, 6.45) is 0. The molecule has 8 aromatic rings. The van der Waals surface area contributed by atoms with Gasteiger partial charge in [-0.2, -0.15) is 0 Å². The fourth-order valence-corrected chi connectivity index (χ4v) is 6.72. The van der Waals surface area contributed by atoms with Crippen molar-refractivity contribution in [3.05, 3.63) is 116 Å². The summed E-state index contributed by atoms with van der Waals surface area (Å²) in [7, 11) is 0. The van der Waals surface area contributed by atoms with E-state index in [1.165, 1.54) is 46.7 Å². The molecule has 2 aromatic heterocycles. The van der Waals surface area contributed by atoms with E-state index < -0.39 is 0 Å². The smallest absolute Gasteiger partial charge is 0.137 e. The van der Waals surface area contributed by atoms with Crippen LogP contribution in [0.3, 0.4) is 0 Å². The van der Waals surface area contributed by atoms with E-state index in [1.54, 1.807) is 0 Å². The summed E-state index contributed by atoms with van der Waals surface area (Å²) in [5, 5.41) is 9.66. The van der Waals surface area contributed by atoms with Gasteiger partial charge in [0.1, 0.15) is 22.3 Å². The summed E-state index contributed by atoms with van der Waals surface area (Å²) in [6, 6.07) is 35.4. The first-order valence-electron chi connectivity index (χ1n) is 11.8. The standard InChI is InChI=1S/C16H8BrIO.C16H9BrO/c17-13-8-15-16(11-4-2-1-3-10(11)13)12-7-9(18)5-6-14(12)19-15;17-13-9-15-16(11-6-2-1-5-10(11)13)12-7-3-4-8-14(12)18-15/h1-8H;1-9H. The molecule has 0 radical (unpaired) electrons. The first-order valence-corrected chi connectivity index (χ1v) is 14.4. The van der Waals surface area contributed by atoms with Gasteiger partial charge < -0.3 is 8.83 Å². The van der Waals surface area contributed by atoms with Crippen LogP contribution in [0.5, 0.6) is 0 Å². The quantitative estimate of drug-likeness (QED) is 0.146. The summed E-state index contributed by atoms with van der Waals surface area (Å²) in [6.45, 7) is 0. The van der Waals surface area contributed by atoms with Crippen molar-refractivity contribution in [2.75, 3.05) is 0 Å². The SMILES string of the molecule is Brc1cc2oc3ccc(I)cc3c2c2ccccc12.Brc1cc2oc3ccccc3c2c2ccccc12. The minimum Gasteiger partial charge on any atom is -0.456 e. The van der Waals surface area contributed by atoms with Gasteiger partial charge in [-0.1, -0.05) is 98.6 Å². The zero-order valence-corrected chi connectivity index (χ0v) is 24.6. The van der Waals surface area contributed by atoms with Gasteiger partial charge in [0.2, 0.25) is 0 Å². The lowest BCUT2D eigenvalue weighted by atomic mass is 10.0. The molecular weight excluding hydrogens is 703 g/mol. The van der Waals surface area contributed by atoms with Gasteiger partial charge >= 0.3 is 0 Å². The van der Waals surface area contributed by atoms with Gasteiger partial charge in [0.05, 0.1) is 0 Å². The van der Waals surface area contributed by atoms with Gasteiger partial charge in [0.25, 0.3) is 0 Å². The van der Waals surface area contributed by atoms with Gasteiger partial charge in [-0.15, -0.1) is 0 Å². The molecule has 0 saturated heterocycles. The van der Waals surface area contributed by atoms with E-state index in [4.69, 9.17) is 8.83 Å². The van der Waals surface area contributed by atoms with Crippen molar-refractivity contribution in [2.45, 2.75) is 0 Å². The van der Waals surface area contributed by atoms with Crippen LogP contribution in [0.1, 0.15) is 0 Å². The molecule has 0 amide bonds. The van der Waals surface area contributed by atoms with E-state index in [1.807, 2.05) is 24.3 Å². The fraction of sp³-hybridized carbons (Fsp3) is 0. The molecule has 6 aromatic carbocycles. The van der Waals surface area contributed by atoms with Crippen LogP contribution in [0.15, 0.2) is 121 Å². The van der Waals surface area contributed by atoms with Crippen LogP contribution < -0.4 is 0 Å². The van der Waals surface area contributed by atoms with Crippen molar-refractivity contribution < 1.29 is 8.83 Å². The summed E-state index contributed by atoms with van der Waals surface area (Å²) in [5.41, 5.74) is 3.75. The average molecular weight is 720 g/mol. The van der Waals surface area contributed by atoms with Gasteiger partial charge in [0, 0.05) is 34.1 Å². The molecule has 0 saturated carbocycles. The van der Waals surface area contributed by atoms with Crippen LogP contribution in [-0.2, 0) is 0 Å². The highest BCUT2D eigenvalue weighted by Crippen LogP contribution is 2.39. The fourth-order valence-electron chi connectivity index (χ4n) is 5.12. The zero-order chi connectivity index (χ0) is 25.1. The summed E-state index contributed by atoms with van der Waals surface area (Å²) >= 11 is 9.58. The lowest BCUT2D eigenvalue weighted by molar-refractivity contribution is 0.668. The van der Waals surface area contributed by atoms with Crippen LogP contribution in [0.2, 0.25) is 0 Å². The Balaban J connectivity index is 0.000000125. The average Bonchev–Trinajstić information content (AvgIpc) is 3.47. The monoisotopic (exact) mass is 718 g/mol. The second kappa shape index (κ2) is 9.15. The van der Waals surface area contributed by atoms with Crippen molar-refractivity contribution in [1.82, 2.24) is 0 Å². The maximum atomic E-state index is 5.96. The molecule has 5 heteroatoms. The van der Waals surface area contributed by atoms with E-state index in [0.29, 0.717) is 0 Å². The van der Waals surface area contributed by atoms with E-state index >= 15 is 0 Å². The van der Waals surface area contributed by atoms with Gasteiger partial charge in [-0.05, 0) is 80.5 Å². The second-order valence-electron chi connectivity index (χ2n) is 8.89. The van der Waals surface area contributed by atoms with Crippen molar-refractivity contribution in [1.29, 1.82) is 0 Å². The Morgan fingerprint density at radius 1 is 0.432 bits per heavy atom. The number of hydrogen-bond acceptors (Lipinski definition) is 2. The van der Waals surface area contributed by atoms with Gasteiger partial charge in [-0.25, -0.2) is 0 Å². The normalized spacial score (nSPS) is 11.6. The number of rotatable bonds is 0. The molecule has 0 aliphatic heterocycles. The Morgan fingerprint density at radius 3 is 1.49 bits per heavy atom. The molecular formula is C32H17Br2IO2. The van der Waals surface area contributed by atoms with Crippen molar-refractivity contribution in [3.8, 4) is 0 Å². The van der Waals surface area contributed by atoms with Crippen molar-refractivity contribution in [3.63, 3.8) is 0 Å². The maximum absolute atomic E-state index is 5.96. The third kappa shape index (κ3) is 3.87. The van der Waals surface area contributed by atoms with E-state index in [-0.39, 0.29) is 0 Å². The number of para-hydroxylation sites is 1. The Kier molecular flexibility index (Phi) is 5.75. The van der Waals surface area contributed by atoms with Gasteiger partial charge in [0.15, 0.2) is 0 Å². The van der Waals surface area contributed by atoms with Crippen LogP contribution in [0.25, 0.3) is 65.4 Å². The largest absolute Gasteiger partial charge is 0.456 e. The van der Waals surface area contributed by atoms with E-state index in [9.17, 15) is 0 Å². The van der Waals surface area contributed by atoms with E-state index in [0.717, 1.165) is 31.3 Å². The predicted molar refractivity (Wildman–Crippen MR) is 171 cm³/mol. The Bertz CT molecular complexity index is 2140. The first-order chi connectivity index (χ1) is 18.1. The molecule has 178 valence electrons. The highest BCUT2D eigenvalue weighted by molar-refractivity contribution is 14.1. The van der Waals surface area contributed by atoms with Crippen molar-refractivity contribution >= 4 is 120 Å². The number of benzene rings is 6. The lowest BCUT2D eigenvalue weighted by Crippen LogP contribution is -1.77. The van der Waals surface area contributed by atoms with Gasteiger partial charge in [-0.3, -0.25) is 0 Å². The minimum atomic E-state index is 0.932. The van der Waals surface area contributed by atoms with E-state index in [2.05, 4.69) is 133 Å². The highest BCUT2D eigenvalue weighted by Gasteiger charge is 2.13. The third-order valence-electron chi connectivity index (χ3n) is 6.72. The Hall–Kier alpha value is -2.87. The summed E-state index contributed by atoms with van der Waals surface area (Å²) in [5.74, 6) is 0. The van der Waals surface area contributed by atoms with Crippen LogP contribution >= 0.6 is 54.5 Å². The molecule has 0 N–H and O–H groups in total. The molecule has 0 fully saturated rings. The molecule has 0 atom stereocenters. The van der Waals surface area contributed by atoms with Crippen LogP contribution in [-0.4, -0.2) is 0 Å².